The first kappa shape index (κ1) is 10.7. The lowest BCUT2D eigenvalue weighted by atomic mass is 9.91. The van der Waals surface area contributed by atoms with Crippen LogP contribution in [-0.2, 0) is 0 Å². The van der Waals surface area contributed by atoms with Crippen molar-refractivity contribution in [1.29, 1.82) is 0 Å². The predicted molar refractivity (Wildman–Crippen MR) is 65.1 cm³/mol. The largest absolute Gasteiger partial charge is 0.478 e. The van der Waals surface area contributed by atoms with Gasteiger partial charge in [0.1, 0.15) is 0 Å². The van der Waals surface area contributed by atoms with Crippen LogP contribution < -0.4 is 0 Å². The van der Waals surface area contributed by atoms with Crippen LogP contribution >= 0.6 is 0 Å². The van der Waals surface area contributed by atoms with E-state index >= 15 is 0 Å². The summed E-state index contributed by atoms with van der Waals surface area (Å²) in [6.45, 7) is 5.89. The molecule has 82 valence electrons. The molecule has 0 aliphatic heterocycles. The van der Waals surface area contributed by atoms with E-state index in [-0.39, 0.29) is 0 Å². The Labute approximate surface area is 94.5 Å². The molecule has 0 heterocycles. The second-order valence-electron chi connectivity index (χ2n) is 4.10. The van der Waals surface area contributed by atoms with Gasteiger partial charge in [-0.2, -0.15) is 0 Å². The highest BCUT2D eigenvalue weighted by molar-refractivity contribution is 6.06. The molecule has 0 unspecified atom stereocenters. The van der Waals surface area contributed by atoms with Crippen molar-refractivity contribution in [3.05, 3.63) is 46.5 Å². The summed E-state index contributed by atoms with van der Waals surface area (Å²) in [5.74, 6) is -0.850. The quantitative estimate of drug-likeness (QED) is 0.789. The minimum Gasteiger partial charge on any atom is -0.478 e. The second-order valence-corrected chi connectivity index (χ2v) is 4.10. The van der Waals surface area contributed by atoms with Crippen LogP contribution in [0.2, 0.25) is 0 Å². The third-order valence-corrected chi connectivity index (χ3v) is 3.31. The molecular formula is C14H14O2. The highest BCUT2D eigenvalue weighted by Gasteiger charge is 2.16. The molecule has 0 radical (unpaired) electrons. The fourth-order valence-electron chi connectivity index (χ4n) is 2.18. The molecule has 2 aromatic rings. The standard InChI is InChI=1S/C14H14O2/c1-8-9(2)11-6-4-5-7-12(11)13(10(8)3)14(15)16/h4-7H,1-3H3,(H,15,16). The fourth-order valence-corrected chi connectivity index (χ4v) is 2.18. The van der Waals surface area contributed by atoms with Crippen LogP contribution in [0.3, 0.4) is 0 Å². The Morgan fingerprint density at radius 2 is 1.50 bits per heavy atom. The zero-order valence-corrected chi connectivity index (χ0v) is 9.66. The Morgan fingerprint density at radius 1 is 0.938 bits per heavy atom. The van der Waals surface area contributed by atoms with Gasteiger partial charge in [-0.1, -0.05) is 24.3 Å². The van der Waals surface area contributed by atoms with Gasteiger partial charge in [-0.25, -0.2) is 4.79 Å². The molecule has 0 saturated carbocycles. The van der Waals surface area contributed by atoms with Gasteiger partial charge in [0.2, 0.25) is 0 Å². The van der Waals surface area contributed by atoms with Crippen LogP contribution in [0, 0.1) is 20.8 Å². The maximum atomic E-state index is 11.3. The molecular weight excluding hydrogens is 200 g/mol. The van der Waals surface area contributed by atoms with Crippen LogP contribution in [0.25, 0.3) is 10.8 Å². The summed E-state index contributed by atoms with van der Waals surface area (Å²) in [5.41, 5.74) is 3.52. The van der Waals surface area contributed by atoms with Crippen LogP contribution in [0.15, 0.2) is 24.3 Å². The molecule has 2 rings (SSSR count). The number of rotatable bonds is 1. The van der Waals surface area contributed by atoms with E-state index in [4.69, 9.17) is 0 Å². The summed E-state index contributed by atoms with van der Waals surface area (Å²) < 4.78 is 0. The van der Waals surface area contributed by atoms with Crippen LogP contribution in [-0.4, -0.2) is 11.1 Å². The minimum atomic E-state index is -0.850. The zero-order valence-electron chi connectivity index (χ0n) is 9.66. The molecule has 0 aromatic heterocycles. The normalized spacial score (nSPS) is 10.7. The van der Waals surface area contributed by atoms with E-state index in [1.54, 1.807) is 0 Å². The van der Waals surface area contributed by atoms with Gasteiger partial charge in [0.05, 0.1) is 5.56 Å². The average Bonchev–Trinajstić information content (AvgIpc) is 2.26. The highest BCUT2D eigenvalue weighted by Crippen LogP contribution is 2.29. The number of hydrogen-bond acceptors (Lipinski definition) is 1. The van der Waals surface area contributed by atoms with Gasteiger partial charge in [0.25, 0.3) is 0 Å². The van der Waals surface area contributed by atoms with Crippen molar-refractivity contribution in [1.82, 2.24) is 0 Å². The van der Waals surface area contributed by atoms with Crippen LogP contribution in [0.4, 0.5) is 0 Å². The van der Waals surface area contributed by atoms with Crippen molar-refractivity contribution in [3.63, 3.8) is 0 Å². The van der Waals surface area contributed by atoms with E-state index in [0.29, 0.717) is 5.56 Å². The zero-order chi connectivity index (χ0) is 11.9. The molecule has 0 aliphatic carbocycles. The van der Waals surface area contributed by atoms with Crippen molar-refractivity contribution in [2.24, 2.45) is 0 Å². The lowest BCUT2D eigenvalue weighted by Gasteiger charge is -2.13. The number of fused-ring (bicyclic) bond motifs is 1. The van der Waals surface area contributed by atoms with Gasteiger partial charge >= 0.3 is 5.97 Å². The van der Waals surface area contributed by atoms with Crippen LogP contribution in [0.1, 0.15) is 27.0 Å². The minimum absolute atomic E-state index is 0.429. The van der Waals surface area contributed by atoms with Gasteiger partial charge in [-0.05, 0) is 48.2 Å². The van der Waals surface area contributed by atoms with Gasteiger partial charge in [-0.3, -0.25) is 0 Å². The summed E-state index contributed by atoms with van der Waals surface area (Å²) in [4.78, 5) is 11.3. The van der Waals surface area contributed by atoms with E-state index < -0.39 is 5.97 Å². The third kappa shape index (κ3) is 1.38. The smallest absolute Gasteiger partial charge is 0.336 e. The first-order chi connectivity index (χ1) is 7.54. The first-order valence-corrected chi connectivity index (χ1v) is 5.26. The van der Waals surface area contributed by atoms with E-state index in [0.717, 1.165) is 27.5 Å². The molecule has 0 aliphatic rings. The maximum absolute atomic E-state index is 11.3. The van der Waals surface area contributed by atoms with E-state index in [2.05, 4.69) is 0 Å². The molecule has 16 heavy (non-hydrogen) atoms. The van der Waals surface area contributed by atoms with Crippen molar-refractivity contribution in [2.45, 2.75) is 20.8 Å². The summed E-state index contributed by atoms with van der Waals surface area (Å²) in [5, 5.41) is 11.1. The maximum Gasteiger partial charge on any atom is 0.336 e. The Bertz CT molecular complexity index is 583. The molecule has 2 aromatic carbocycles. The number of benzene rings is 2. The monoisotopic (exact) mass is 214 g/mol. The Balaban J connectivity index is 3.04. The molecule has 0 atom stereocenters. The summed E-state index contributed by atoms with van der Waals surface area (Å²) >= 11 is 0. The number of carboxylic acids is 1. The summed E-state index contributed by atoms with van der Waals surface area (Å²) in [6, 6.07) is 7.67. The number of carboxylic acid groups (broad SMARTS) is 1. The highest BCUT2D eigenvalue weighted by atomic mass is 16.4. The lowest BCUT2D eigenvalue weighted by Crippen LogP contribution is -2.04. The molecule has 2 heteroatoms. The predicted octanol–water partition coefficient (Wildman–Crippen LogP) is 3.46. The number of aromatic carboxylic acids is 1. The number of hydrogen-bond donors (Lipinski definition) is 1. The van der Waals surface area contributed by atoms with Crippen LogP contribution in [0.5, 0.6) is 0 Å². The molecule has 0 saturated heterocycles. The Kier molecular flexibility index (Phi) is 2.43. The lowest BCUT2D eigenvalue weighted by molar-refractivity contribution is 0.0698. The second kappa shape index (κ2) is 3.63. The molecule has 1 N–H and O–H groups in total. The van der Waals surface area contributed by atoms with Gasteiger partial charge in [0, 0.05) is 0 Å². The Morgan fingerprint density at radius 3 is 2.06 bits per heavy atom. The third-order valence-electron chi connectivity index (χ3n) is 3.31. The van der Waals surface area contributed by atoms with Gasteiger partial charge < -0.3 is 5.11 Å². The number of aryl methyl sites for hydroxylation is 1. The van der Waals surface area contributed by atoms with Gasteiger partial charge in [-0.15, -0.1) is 0 Å². The average molecular weight is 214 g/mol. The molecule has 2 nitrogen and oxygen atoms in total. The summed E-state index contributed by atoms with van der Waals surface area (Å²) in [6.07, 6.45) is 0. The molecule has 0 bridgehead atoms. The van der Waals surface area contributed by atoms with Crippen molar-refractivity contribution in [2.75, 3.05) is 0 Å². The van der Waals surface area contributed by atoms with E-state index in [1.165, 1.54) is 0 Å². The SMILES string of the molecule is Cc1c(C)c(C(=O)O)c2ccccc2c1C. The topological polar surface area (TPSA) is 37.3 Å². The molecule has 0 amide bonds. The fraction of sp³-hybridized carbons (Fsp3) is 0.214. The van der Waals surface area contributed by atoms with Crippen molar-refractivity contribution < 1.29 is 9.90 Å². The molecule has 0 fully saturated rings. The molecule has 0 spiro atoms. The van der Waals surface area contributed by atoms with Crippen molar-refractivity contribution in [3.8, 4) is 0 Å². The summed E-state index contributed by atoms with van der Waals surface area (Å²) in [7, 11) is 0. The number of carbonyl (C=O) groups is 1. The first-order valence-electron chi connectivity index (χ1n) is 5.26. The van der Waals surface area contributed by atoms with Gasteiger partial charge in [0.15, 0.2) is 0 Å². The van der Waals surface area contributed by atoms with E-state index in [9.17, 15) is 9.90 Å². The van der Waals surface area contributed by atoms with E-state index in [1.807, 2.05) is 45.0 Å². The Hall–Kier alpha value is -1.83. The van der Waals surface area contributed by atoms with Crippen molar-refractivity contribution >= 4 is 16.7 Å².